The van der Waals surface area contributed by atoms with Crippen LogP contribution in [0.25, 0.3) is 11.3 Å². The van der Waals surface area contributed by atoms with Gasteiger partial charge < -0.3 is 4.90 Å². The first kappa shape index (κ1) is 16.5. The van der Waals surface area contributed by atoms with Crippen molar-refractivity contribution in [1.82, 2.24) is 19.9 Å². The number of carbonyl (C=O) groups is 1. The number of nitrogens with zero attached hydrogens (tertiary/aromatic N) is 4. The summed E-state index contributed by atoms with van der Waals surface area (Å²) in [4.78, 5) is 14.8. The number of likely N-dealkylation sites (tertiary alicyclic amines) is 1. The topological polar surface area (TPSA) is 51.0 Å². The van der Waals surface area contributed by atoms with Gasteiger partial charge in [-0.2, -0.15) is 0 Å². The maximum atomic E-state index is 12.8. The van der Waals surface area contributed by atoms with Gasteiger partial charge in [-0.05, 0) is 32.4 Å². The first-order valence-corrected chi connectivity index (χ1v) is 8.95. The van der Waals surface area contributed by atoms with Crippen LogP contribution in [0.1, 0.15) is 33.9 Å². The third-order valence-electron chi connectivity index (χ3n) is 4.87. The highest BCUT2D eigenvalue weighted by atomic mass is 16.2. The van der Waals surface area contributed by atoms with E-state index in [1.807, 2.05) is 72.1 Å². The van der Waals surface area contributed by atoms with Crippen molar-refractivity contribution >= 4 is 5.91 Å². The molecule has 0 saturated carbocycles. The summed E-state index contributed by atoms with van der Waals surface area (Å²) in [6.07, 6.45) is 2.87. The van der Waals surface area contributed by atoms with Crippen LogP contribution in [0.2, 0.25) is 0 Å². The van der Waals surface area contributed by atoms with E-state index in [4.69, 9.17) is 0 Å². The lowest BCUT2D eigenvalue weighted by Gasteiger charge is -2.17. The molecule has 1 aliphatic heterocycles. The van der Waals surface area contributed by atoms with Gasteiger partial charge >= 0.3 is 0 Å². The minimum Gasteiger partial charge on any atom is -0.336 e. The molecule has 2 aromatic carbocycles. The van der Waals surface area contributed by atoms with E-state index in [2.05, 4.69) is 16.4 Å². The number of aromatic nitrogens is 3. The normalized spacial score (nSPS) is 16.8. The molecule has 1 unspecified atom stereocenters. The van der Waals surface area contributed by atoms with Crippen LogP contribution < -0.4 is 0 Å². The predicted molar refractivity (Wildman–Crippen MR) is 101 cm³/mol. The van der Waals surface area contributed by atoms with E-state index in [0.717, 1.165) is 40.9 Å². The molecule has 1 amide bonds. The van der Waals surface area contributed by atoms with Gasteiger partial charge in [0.25, 0.3) is 5.91 Å². The fourth-order valence-electron chi connectivity index (χ4n) is 3.62. The SMILES string of the molecule is Cc1cc(C)cc(C(=O)N2CCC(n3cc(-c4ccccc4)nn3)C2)c1. The molecule has 5 nitrogen and oxygen atoms in total. The molecular formula is C21H22N4O. The molecule has 0 N–H and O–H groups in total. The molecule has 1 saturated heterocycles. The Labute approximate surface area is 153 Å². The molecule has 1 aromatic heterocycles. The van der Waals surface area contributed by atoms with Gasteiger partial charge in [-0.1, -0.05) is 52.7 Å². The minimum atomic E-state index is 0.0997. The second kappa shape index (κ2) is 6.75. The third-order valence-corrected chi connectivity index (χ3v) is 4.87. The van der Waals surface area contributed by atoms with E-state index in [1.165, 1.54) is 0 Å². The van der Waals surface area contributed by atoms with Crippen molar-refractivity contribution in [3.05, 3.63) is 71.4 Å². The Morgan fingerprint density at radius 1 is 1.08 bits per heavy atom. The summed E-state index contributed by atoms with van der Waals surface area (Å²) in [6, 6.07) is 16.2. The number of carbonyl (C=O) groups excluding carboxylic acids is 1. The lowest BCUT2D eigenvalue weighted by molar-refractivity contribution is 0.0786. The number of benzene rings is 2. The molecular weight excluding hydrogens is 324 g/mol. The summed E-state index contributed by atoms with van der Waals surface area (Å²) in [5, 5.41) is 8.59. The van der Waals surface area contributed by atoms with Crippen molar-refractivity contribution in [1.29, 1.82) is 0 Å². The number of hydrogen-bond acceptors (Lipinski definition) is 3. The van der Waals surface area contributed by atoms with Gasteiger partial charge in [0.05, 0.1) is 12.2 Å². The van der Waals surface area contributed by atoms with Crippen molar-refractivity contribution in [2.24, 2.45) is 0 Å². The lowest BCUT2D eigenvalue weighted by atomic mass is 10.1. The molecule has 5 heteroatoms. The molecule has 4 rings (SSSR count). The second-order valence-corrected chi connectivity index (χ2v) is 7.02. The van der Waals surface area contributed by atoms with E-state index in [-0.39, 0.29) is 11.9 Å². The molecule has 2 heterocycles. The van der Waals surface area contributed by atoms with Crippen LogP contribution in [0.15, 0.2) is 54.7 Å². The van der Waals surface area contributed by atoms with E-state index in [0.29, 0.717) is 6.54 Å². The smallest absolute Gasteiger partial charge is 0.253 e. The quantitative estimate of drug-likeness (QED) is 0.727. The highest BCUT2D eigenvalue weighted by Crippen LogP contribution is 2.25. The van der Waals surface area contributed by atoms with Crippen LogP contribution >= 0.6 is 0 Å². The summed E-state index contributed by atoms with van der Waals surface area (Å²) >= 11 is 0. The van der Waals surface area contributed by atoms with Gasteiger partial charge in [0, 0.05) is 24.2 Å². The molecule has 26 heavy (non-hydrogen) atoms. The Morgan fingerprint density at radius 3 is 2.54 bits per heavy atom. The Bertz CT molecular complexity index is 912. The Hall–Kier alpha value is -2.95. The average Bonchev–Trinajstić information content (AvgIpc) is 3.30. The second-order valence-electron chi connectivity index (χ2n) is 7.02. The van der Waals surface area contributed by atoms with E-state index in [1.54, 1.807) is 0 Å². The van der Waals surface area contributed by atoms with Gasteiger partial charge in [0.15, 0.2) is 0 Å². The highest BCUT2D eigenvalue weighted by Gasteiger charge is 2.29. The number of hydrogen-bond donors (Lipinski definition) is 0. The van der Waals surface area contributed by atoms with Crippen LogP contribution in [0.3, 0.4) is 0 Å². The summed E-state index contributed by atoms with van der Waals surface area (Å²) in [6.45, 7) is 5.47. The number of amides is 1. The zero-order valence-corrected chi connectivity index (χ0v) is 15.1. The molecule has 0 aliphatic carbocycles. The lowest BCUT2D eigenvalue weighted by Crippen LogP contribution is -2.29. The molecule has 0 bridgehead atoms. The van der Waals surface area contributed by atoms with Crippen LogP contribution in [0, 0.1) is 13.8 Å². The van der Waals surface area contributed by atoms with Crippen LogP contribution in [-0.4, -0.2) is 38.9 Å². The van der Waals surface area contributed by atoms with Crippen molar-refractivity contribution in [3.63, 3.8) is 0 Å². The number of rotatable bonds is 3. The molecule has 1 fully saturated rings. The van der Waals surface area contributed by atoms with E-state index >= 15 is 0 Å². The molecule has 1 atom stereocenters. The van der Waals surface area contributed by atoms with Crippen LogP contribution in [-0.2, 0) is 0 Å². The zero-order valence-electron chi connectivity index (χ0n) is 15.1. The maximum Gasteiger partial charge on any atom is 0.253 e. The average molecular weight is 346 g/mol. The molecule has 0 radical (unpaired) electrons. The Balaban J connectivity index is 1.49. The predicted octanol–water partition coefficient (Wildman–Crippen LogP) is 3.65. The van der Waals surface area contributed by atoms with Crippen molar-refractivity contribution in [2.75, 3.05) is 13.1 Å². The summed E-state index contributed by atoms with van der Waals surface area (Å²) in [5.41, 5.74) is 4.93. The zero-order chi connectivity index (χ0) is 18.1. The highest BCUT2D eigenvalue weighted by molar-refractivity contribution is 5.94. The van der Waals surface area contributed by atoms with Crippen molar-refractivity contribution in [2.45, 2.75) is 26.3 Å². The summed E-state index contributed by atoms with van der Waals surface area (Å²) < 4.78 is 1.90. The van der Waals surface area contributed by atoms with Gasteiger partial charge in [0.2, 0.25) is 0 Å². The summed E-state index contributed by atoms with van der Waals surface area (Å²) in [7, 11) is 0. The van der Waals surface area contributed by atoms with E-state index < -0.39 is 0 Å². The van der Waals surface area contributed by atoms with Crippen LogP contribution in [0.5, 0.6) is 0 Å². The first-order valence-electron chi connectivity index (χ1n) is 8.95. The fourth-order valence-corrected chi connectivity index (χ4v) is 3.62. The molecule has 0 spiro atoms. The maximum absolute atomic E-state index is 12.8. The van der Waals surface area contributed by atoms with Crippen molar-refractivity contribution < 1.29 is 4.79 Å². The van der Waals surface area contributed by atoms with Gasteiger partial charge in [-0.3, -0.25) is 4.79 Å². The van der Waals surface area contributed by atoms with Gasteiger partial charge in [-0.15, -0.1) is 5.10 Å². The molecule has 1 aliphatic rings. The minimum absolute atomic E-state index is 0.0997. The standard InChI is InChI=1S/C21H22N4O/c1-15-10-16(2)12-18(11-15)21(26)24-9-8-19(13-24)25-14-20(22-23-25)17-6-4-3-5-7-17/h3-7,10-12,14,19H,8-9,13H2,1-2H3. The molecule has 3 aromatic rings. The van der Waals surface area contributed by atoms with E-state index in [9.17, 15) is 4.79 Å². The summed E-state index contributed by atoms with van der Waals surface area (Å²) in [5.74, 6) is 0.0997. The van der Waals surface area contributed by atoms with Gasteiger partial charge in [0.1, 0.15) is 5.69 Å². The Morgan fingerprint density at radius 2 is 1.81 bits per heavy atom. The largest absolute Gasteiger partial charge is 0.336 e. The first-order chi connectivity index (χ1) is 12.6. The van der Waals surface area contributed by atoms with Gasteiger partial charge in [-0.25, -0.2) is 4.68 Å². The molecule has 132 valence electrons. The van der Waals surface area contributed by atoms with Crippen LogP contribution in [0.4, 0.5) is 0 Å². The number of aryl methyl sites for hydroxylation is 2. The van der Waals surface area contributed by atoms with Crippen molar-refractivity contribution in [3.8, 4) is 11.3 Å². The third kappa shape index (κ3) is 3.25. The fraction of sp³-hybridized carbons (Fsp3) is 0.286. The monoisotopic (exact) mass is 346 g/mol. The Kier molecular flexibility index (Phi) is 4.29.